The van der Waals surface area contributed by atoms with Gasteiger partial charge in [0.15, 0.2) is 5.11 Å². The third-order valence-electron chi connectivity index (χ3n) is 4.96. The molecule has 2 aromatic carbocycles. The fraction of sp³-hybridized carbons (Fsp3) is 0.217. The Kier molecular flexibility index (Phi) is 7.00. The van der Waals surface area contributed by atoms with Crippen molar-refractivity contribution in [3.8, 4) is 12.1 Å². The molecule has 0 saturated carbocycles. The number of ether oxygens (including phenoxy) is 1. The van der Waals surface area contributed by atoms with Crippen LogP contribution in [0.1, 0.15) is 36.1 Å². The van der Waals surface area contributed by atoms with Gasteiger partial charge in [0.2, 0.25) is 0 Å². The lowest BCUT2D eigenvalue weighted by Crippen LogP contribution is -2.48. The minimum atomic E-state index is -4.55. The van der Waals surface area contributed by atoms with Crippen LogP contribution < -0.4 is 10.2 Å². The van der Waals surface area contributed by atoms with Crippen LogP contribution in [0.4, 0.5) is 18.9 Å². The van der Waals surface area contributed by atoms with Crippen LogP contribution in [0, 0.1) is 22.7 Å². The van der Waals surface area contributed by atoms with Gasteiger partial charge in [0, 0.05) is 11.4 Å². The summed E-state index contributed by atoms with van der Waals surface area (Å²) in [6, 6.07) is 14.2. The molecule has 0 aromatic heterocycles. The molecule has 0 spiro atoms. The number of benzene rings is 2. The number of rotatable bonds is 5. The molecule has 1 atom stereocenters. The molecule has 0 saturated heterocycles. The number of anilines is 1. The van der Waals surface area contributed by atoms with Crippen molar-refractivity contribution in [2.45, 2.75) is 25.6 Å². The summed E-state index contributed by atoms with van der Waals surface area (Å²) < 4.78 is 45.0. The van der Waals surface area contributed by atoms with Crippen molar-refractivity contribution in [3.05, 3.63) is 76.5 Å². The Morgan fingerprint density at radius 3 is 2.52 bits per heavy atom. The first-order chi connectivity index (χ1) is 15.7. The first-order valence-electron chi connectivity index (χ1n) is 9.70. The predicted molar refractivity (Wildman–Crippen MR) is 117 cm³/mol. The molecule has 0 aliphatic carbocycles. The van der Waals surface area contributed by atoms with E-state index in [1.165, 1.54) is 17.0 Å². The number of hydrogen-bond acceptors (Lipinski definition) is 5. The van der Waals surface area contributed by atoms with E-state index in [4.69, 9.17) is 27.5 Å². The molecule has 0 bridgehead atoms. The van der Waals surface area contributed by atoms with Crippen LogP contribution in [0.2, 0.25) is 0 Å². The van der Waals surface area contributed by atoms with E-state index >= 15 is 0 Å². The molecule has 1 aliphatic rings. The number of nitrogens with zero attached hydrogens (tertiary/aromatic N) is 3. The fourth-order valence-electron chi connectivity index (χ4n) is 3.41. The van der Waals surface area contributed by atoms with Crippen molar-refractivity contribution >= 4 is 29.0 Å². The Morgan fingerprint density at radius 1 is 1.21 bits per heavy atom. The summed E-state index contributed by atoms with van der Waals surface area (Å²) in [7, 11) is 0. The van der Waals surface area contributed by atoms with Gasteiger partial charge in [-0.25, -0.2) is 4.79 Å². The van der Waals surface area contributed by atoms with Crippen molar-refractivity contribution in [1.29, 1.82) is 10.5 Å². The monoisotopic (exact) mass is 470 g/mol. The second kappa shape index (κ2) is 9.72. The molecule has 1 aliphatic heterocycles. The summed E-state index contributed by atoms with van der Waals surface area (Å²) >= 11 is 5.45. The molecule has 2 aromatic rings. The van der Waals surface area contributed by atoms with E-state index in [1.54, 1.807) is 31.2 Å². The normalized spacial score (nSPS) is 16.0. The molecule has 168 valence electrons. The maximum atomic E-state index is 13.3. The fourth-order valence-corrected chi connectivity index (χ4v) is 3.77. The van der Waals surface area contributed by atoms with Gasteiger partial charge in [-0.15, -0.1) is 0 Å². The summed E-state index contributed by atoms with van der Waals surface area (Å²) in [5, 5.41) is 20.9. The Labute approximate surface area is 193 Å². The smallest absolute Gasteiger partial charge is 0.416 e. The first-order valence-corrected chi connectivity index (χ1v) is 10.1. The highest BCUT2D eigenvalue weighted by molar-refractivity contribution is 7.80. The summed E-state index contributed by atoms with van der Waals surface area (Å²) in [6.45, 7) is 1.42. The maximum absolute atomic E-state index is 13.3. The van der Waals surface area contributed by atoms with Crippen LogP contribution in [0.5, 0.6) is 0 Å². The molecule has 3 rings (SSSR count). The molecular formula is C23H17F3N4O2S. The lowest BCUT2D eigenvalue weighted by molar-refractivity contribution is -0.139. The number of carbonyl (C=O) groups is 1. The van der Waals surface area contributed by atoms with Gasteiger partial charge in [0.25, 0.3) is 0 Å². The highest BCUT2D eigenvalue weighted by Gasteiger charge is 2.37. The van der Waals surface area contributed by atoms with Gasteiger partial charge in [-0.3, -0.25) is 4.90 Å². The number of thiocarbonyl (C=S) groups is 1. The van der Waals surface area contributed by atoms with Gasteiger partial charge in [-0.2, -0.15) is 23.7 Å². The minimum absolute atomic E-state index is 0.0111. The van der Waals surface area contributed by atoms with Crippen molar-refractivity contribution < 1.29 is 22.7 Å². The molecule has 0 amide bonds. The third-order valence-corrected chi connectivity index (χ3v) is 5.26. The zero-order valence-corrected chi connectivity index (χ0v) is 18.1. The minimum Gasteiger partial charge on any atom is -0.461 e. The quantitative estimate of drug-likeness (QED) is 0.383. The summed E-state index contributed by atoms with van der Waals surface area (Å²) in [5.74, 6) is -0.732. The molecule has 0 radical (unpaired) electrons. The Morgan fingerprint density at radius 2 is 1.91 bits per heavy atom. The standard InChI is InChI=1S/C23H17F3N4O2S/c1-14-19(21(31)32-11-3-10-27)20(16-8-6-15(13-28)7-9-16)29-22(33)30(14)18-5-2-4-17(12-18)23(24,25)26/h2,4-9,12,20H,3,11H2,1H3,(H,29,33). The number of hydrogen-bond donors (Lipinski definition) is 1. The van der Waals surface area contributed by atoms with Crippen molar-refractivity contribution in [2.24, 2.45) is 0 Å². The van der Waals surface area contributed by atoms with Crippen molar-refractivity contribution in [3.63, 3.8) is 0 Å². The molecule has 6 nitrogen and oxygen atoms in total. The third kappa shape index (κ3) is 5.13. The maximum Gasteiger partial charge on any atom is 0.416 e. The first kappa shape index (κ1) is 23.8. The molecule has 10 heteroatoms. The molecule has 1 unspecified atom stereocenters. The molecular weight excluding hydrogens is 453 g/mol. The Bertz CT molecular complexity index is 1190. The van der Waals surface area contributed by atoms with Crippen LogP contribution in [0.3, 0.4) is 0 Å². The van der Waals surface area contributed by atoms with E-state index in [0.717, 1.165) is 12.1 Å². The zero-order valence-electron chi connectivity index (χ0n) is 17.3. The molecule has 0 fully saturated rings. The number of carbonyl (C=O) groups excluding carboxylic acids is 1. The number of nitrogens with one attached hydrogen (secondary N) is 1. The van der Waals surface area contributed by atoms with Gasteiger partial charge in [-0.05, 0) is 55.0 Å². The summed E-state index contributed by atoms with van der Waals surface area (Å²) in [5.41, 5.74) is 0.703. The van der Waals surface area contributed by atoms with Crippen LogP contribution in [0.25, 0.3) is 0 Å². The van der Waals surface area contributed by atoms with E-state index in [-0.39, 0.29) is 35.1 Å². The van der Waals surface area contributed by atoms with E-state index in [9.17, 15) is 18.0 Å². The van der Waals surface area contributed by atoms with E-state index in [2.05, 4.69) is 5.32 Å². The zero-order chi connectivity index (χ0) is 24.2. The van der Waals surface area contributed by atoms with Crippen LogP contribution in [0.15, 0.2) is 59.8 Å². The Hall–Kier alpha value is -3.89. The highest BCUT2D eigenvalue weighted by atomic mass is 32.1. The predicted octanol–water partition coefficient (Wildman–Crippen LogP) is 4.74. The van der Waals surface area contributed by atoms with Gasteiger partial charge in [0.1, 0.15) is 6.61 Å². The van der Waals surface area contributed by atoms with Crippen molar-refractivity contribution in [2.75, 3.05) is 11.5 Å². The number of allylic oxidation sites excluding steroid dienone is 1. The van der Waals surface area contributed by atoms with Crippen LogP contribution in [-0.2, 0) is 15.7 Å². The van der Waals surface area contributed by atoms with E-state index in [0.29, 0.717) is 11.1 Å². The lowest BCUT2D eigenvalue weighted by atomic mass is 9.94. The highest BCUT2D eigenvalue weighted by Crippen LogP contribution is 2.37. The van der Waals surface area contributed by atoms with Gasteiger partial charge >= 0.3 is 12.1 Å². The van der Waals surface area contributed by atoms with Gasteiger partial charge in [-0.1, -0.05) is 18.2 Å². The molecule has 1 heterocycles. The summed E-state index contributed by atoms with van der Waals surface area (Å²) in [4.78, 5) is 14.3. The van der Waals surface area contributed by atoms with Gasteiger partial charge in [0.05, 0.1) is 41.3 Å². The van der Waals surface area contributed by atoms with Crippen LogP contribution >= 0.6 is 12.2 Å². The Balaban J connectivity index is 2.10. The van der Waals surface area contributed by atoms with Gasteiger partial charge < -0.3 is 10.1 Å². The van der Waals surface area contributed by atoms with Crippen LogP contribution in [-0.4, -0.2) is 17.7 Å². The van der Waals surface area contributed by atoms with Crippen molar-refractivity contribution in [1.82, 2.24) is 5.32 Å². The average Bonchev–Trinajstić information content (AvgIpc) is 2.78. The topological polar surface area (TPSA) is 89.1 Å². The number of halogens is 3. The molecule has 1 N–H and O–H groups in total. The average molecular weight is 470 g/mol. The summed E-state index contributed by atoms with van der Waals surface area (Å²) in [6.07, 6.45) is -4.56. The van der Waals surface area contributed by atoms with E-state index in [1.807, 2.05) is 12.1 Å². The number of alkyl halides is 3. The lowest BCUT2D eigenvalue weighted by Gasteiger charge is -2.37. The van der Waals surface area contributed by atoms with E-state index < -0.39 is 23.8 Å². The molecule has 33 heavy (non-hydrogen) atoms. The SMILES string of the molecule is CC1=C(C(=O)OCCC#N)C(c2ccc(C#N)cc2)NC(=S)N1c1cccc(C(F)(F)F)c1. The second-order valence-electron chi connectivity index (χ2n) is 7.04. The number of nitriles is 2. The largest absolute Gasteiger partial charge is 0.461 e. The number of esters is 1. The second-order valence-corrected chi connectivity index (χ2v) is 7.43.